The van der Waals surface area contributed by atoms with Crippen molar-refractivity contribution in [3.05, 3.63) is 63.7 Å². The van der Waals surface area contributed by atoms with E-state index in [1.807, 2.05) is 6.92 Å². The minimum absolute atomic E-state index is 0.0824. The summed E-state index contributed by atoms with van der Waals surface area (Å²) in [6.07, 6.45) is 0. The van der Waals surface area contributed by atoms with Gasteiger partial charge in [0.15, 0.2) is 9.84 Å². The largest absolute Gasteiger partial charge is 0.872 e. The second-order valence-electron chi connectivity index (χ2n) is 4.62. The molecule has 0 aromatic heterocycles. The molecule has 0 aliphatic carbocycles. The van der Waals surface area contributed by atoms with Crippen LogP contribution in [0.5, 0.6) is 5.75 Å². The molecule has 6 nitrogen and oxygen atoms in total. The third-order valence-electron chi connectivity index (χ3n) is 2.98. The van der Waals surface area contributed by atoms with Crippen molar-refractivity contribution in [1.29, 1.82) is 0 Å². The lowest BCUT2D eigenvalue weighted by molar-refractivity contribution is -0.385. The van der Waals surface area contributed by atoms with E-state index in [0.717, 1.165) is 23.8 Å². The fourth-order valence-corrected chi connectivity index (χ4v) is 3.18. The lowest BCUT2D eigenvalue weighted by Gasteiger charge is -2.13. The van der Waals surface area contributed by atoms with Gasteiger partial charge in [-0.2, -0.15) is 0 Å². The van der Waals surface area contributed by atoms with Gasteiger partial charge in [-0.25, -0.2) is 8.42 Å². The highest BCUT2D eigenvalue weighted by molar-refractivity contribution is 7.90. The SMILES string of the molecule is Cc1ccc(S(=O)(=O)Cc2cc([N+](=O)[O-])ccc2[O-])cc1. The number of hydrogen-bond acceptors (Lipinski definition) is 5. The standard InChI is InChI=1S/C14H13NO5S/c1-10-2-5-13(6-3-10)21(19,20)9-11-8-12(15(17)18)4-7-14(11)16/h2-8,16H,9H2,1H3/p-1. The Morgan fingerprint density at radius 1 is 1.10 bits per heavy atom. The number of rotatable bonds is 4. The number of hydrogen-bond donors (Lipinski definition) is 0. The summed E-state index contributed by atoms with van der Waals surface area (Å²) >= 11 is 0. The molecule has 0 bridgehead atoms. The number of non-ortho nitro benzene ring substituents is 1. The molecule has 0 heterocycles. The topological polar surface area (TPSA) is 100 Å². The van der Waals surface area contributed by atoms with E-state index in [1.165, 1.54) is 12.1 Å². The number of sulfone groups is 1. The van der Waals surface area contributed by atoms with Gasteiger partial charge in [-0.1, -0.05) is 23.8 Å². The first kappa shape index (κ1) is 15.0. The van der Waals surface area contributed by atoms with Gasteiger partial charge < -0.3 is 5.11 Å². The number of nitro benzene ring substituents is 1. The van der Waals surface area contributed by atoms with Crippen molar-refractivity contribution in [2.75, 3.05) is 0 Å². The van der Waals surface area contributed by atoms with E-state index in [2.05, 4.69) is 0 Å². The molecular weight excluding hydrogens is 294 g/mol. The molecule has 0 N–H and O–H groups in total. The first-order valence-corrected chi connectivity index (χ1v) is 7.68. The molecule has 2 aromatic carbocycles. The zero-order valence-electron chi connectivity index (χ0n) is 11.1. The predicted octanol–water partition coefficient (Wildman–Crippen LogP) is 1.95. The van der Waals surface area contributed by atoms with E-state index in [0.29, 0.717) is 0 Å². The molecule has 2 rings (SSSR count). The minimum atomic E-state index is -3.72. The Hall–Kier alpha value is -2.41. The molecule has 2 aromatic rings. The van der Waals surface area contributed by atoms with Crippen molar-refractivity contribution in [3.8, 4) is 5.75 Å². The maximum Gasteiger partial charge on any atom is 0.269 e. The van der Waals surface area contributed by atoms with Gasteiger partial charge in [-0.15, -0.1) is 5.75 Å². The number of nitro groups is 1. The number of benzene rings is 2. The molecule has 110 valence electrons. The van der Waals surface area contributed by atoms with Crippen LogP contribution in [-0.2, 0) is 15.6 Å². The summed E-state index contributed by atoms with van der Waals surface area (Å²) in [7, 11) is -3.72. The summed E-state index contributed by atoms with van der Waals surface area (Å²) < 4.78 is 24.5. The minimum Gasteiger partial charge on any atom is -0.872 e. The summed E-state index contributed by atoms with van der Waals surface area (Å²) in [4.78, 5) is 10.1. The number of aryl methyl sites for hydroxylation is 1. The Labute approximate surface area is 121 Å². The van der Waals surface area contributed by atoms with Crippen LogP contribution in [0.1, 0.15) is 11.1 Å². The zero-order chi connectivity index (χ0) is 15.6. The van der Waals surface area contributed by atoms with E-state index in [9.17, 15) is 23.6 Å². The maximum atomic E-state index is 12.2. The fourth-order valence-electron chi connectivity index (χ4n) is 1.83. The highest BCUT2D eigenvalue weighted by atomic mass is 32.2. The summed E-state index contributed by atoms with van der Waals surface area (Å²) in [5.74, 6) is -1.09. The lowest BCUT2D eigenvalue weighted by atomic mass is 10.2. The van der Waals surface area contributed by atoms with Crippen molar-refractivity contribution in [2.45, 2.75) is 17.6 Å². The van der Waals surface area contributed by atoms with Crippen LogP contribution < -0.4 is 5.11 Å². The zero-order valence-corrected chi connectivity index (χ0v) is 12.0. The van der Waals surface area contributed by atoms with E-state index in [1.54, 1.807) is 12.1 Å². The Kier molecular flexibility index (Phi) is 3.95. The molecule has 0 unspecified atom stereocenters. The van der Waals surface area contributed by atoms with E-state index in [4.69, 9.17) is 0 Å². The normalized spacial score (nSPS) is 11.3. The Bertz CT molecular complexity index is 782. The molecule has 0 saturated heterocycles. The average Bonchev–Trinajstić information content (AvgIpc) is 2.41. The van der Waals surface area contributed by atoms with Crippen LogP contribution in [0, 0.1) is 17.0 Å². The molecule has 0 atom stereocenters. The third-order valence-corrected chi connectivity index (χ3v) is 4.66. The van der Waals surface area contributed by atoms with Gasteiger partial charge in [0.1, 0.15) is 0 Å². The predicted molar refractivity (Wildman–Crippen MR) is 74.6 cm³/mol. The van der Waals surface area contributed by atoms with E-state index >= 15 is 0 Å². The first-order valence-electron chi connectivity index (χ1n) is 6.03. The molecule has 0 radical (unpaired) electrons. The second kappa shape index (κ2) is 5.53. The van der Waals surface area contributed by atoms with Crippen LogP contribution in [0.25, 0.3) is 0 Å². The highest BCUT2D eigenvalue weighted by Crippen LogP contribution is 2.25. The van der Waals surface area contributed by atoms with Crippen LogP contribution in [0.3, 0.4) is 0 Å². The van der Waals surface area contributed by atoms with Crippen LogP contribution >= 0.6 is 0 Å². The first-order chi connectivity index (χ1) is 9.79. The third kappa shape index (κ3) is 3.38. The molecule has 21 heavy (non-hydrogen) atoms. The molecule has 0 fully saturated rings. The van der Waals surface area contributed by atoms with Crippen molar-refractivity contribution in [2.24, 2.45) is 0 Å². The van der Waals surface area contributed by atoms with Gasteiger partial charge in [0, 0.05) is 12.1 Å². The smallest absolute Gasteiger partial charge is 0.269 e. The Morgan fingerprint density at radius 2 is 1.71 bits per heavy atom. The van der Waals surface area contributed by atoms with Crippen LogP contribution in [0.2, 0.25) is 0 Å². The van der Waals surface area contributed by atoms with Crippen molar-refractivity contribution < 1.29 is 18.4 Å². The van der Waals surface area contributed by atoms with Crippen molar-refractivity contribution in [3.63, 3.8) is 0 Å². The van der Waals surface area contributed by atoms with Crippen LogP contribution in [0.4, 0.5) is 5.69 Å². The quantitative estimate of drug-likeness (QED) is 0.634. The van der Waals surface area contributed by atoms with Gasteiger partial charge in [-0.3, -0.25) is 10.1 Å². The lowest BCUT2D eigenvalue weighted by Crippen LogP contribution is -2.08. The Balaban J connectivity index is 2.38. The van der Waals surface area contributed by atoms with Gasteiger partial charge in [0.2, 0.25) is 0 Å². The van der Waals surface area contributed by atoms with Crippen LogP contribution in [-0.4, -0.2) is 13.3 Å². The fraction of sp³-hybridized carbons (Fsp3) is 0.143. The van der Waals surface area contributed by atoms with Crippen molar-refractivity contribution >= 4 is 15.5 Å². The highest BCUT2D eigenvalue weighted by Gasteiger charge is 2.17. The van der Waals surface area contributed by atoms with Gasteiger partial charge in [-0.05, 0) is 24.6 Å². The van der Waals surface area contributed by atoms with Gasteiger partial charge in [0.05, 0.1) is 15.6 Å². The monoisotopic (exact) mass is 306 g/mol. The molecule has 0 saturated carbocycles. The summed E-state index contributed by atoms with van der Waals surface area (Å²) in [5, 5.41) is 22.4. The average molecular weight is 306 g/mol. The van der Waals surface area contributed by atoms with E-state index < -0.39 is 26.3 Å². The molecule has 0 aliphatic rings. The molecular formula is C14H12NO5S-. The molecule has 0 amide bonds. The van der Waals surface area contributed by atoms with Gasteiger partial charge >= 0.3 is 0 Å². The van der Waals surface area contributed by atoms with E-state index in [-0.39, 0.29) is 16.1 Å². The molecule has 0 spiro atoms. The second-order valence-corrected chi connectivity index (χ2v) is 6.61. The molecule has 0 aliphatic heterocycles. The van der Waals surface area contributed by atoms with Crippen LogP contribution in [0.15, 0.2) is 47.4 Å². The summed E-state index contributed by atoms with van der Waals surface area (Å²) in [6.45, 7) is 1.83. The number of nitrogens with zero attached hydrogens (tertiary/aromatic N) is 1. The van der Waals surface area contributed by atoms with Gasteiger partial charge in [0.25, 0.3) is 5.69 Å². The summed E-state index contributed by atoms with van der Waals surface area (Å²) in [6, 6.07) is 9.28. The Morgan fingerprint density at radius 3 is 2.29 bits per heavy atom. The summed E-state index contributed by atoms with van der Waals surface area (Å²) in [5.41, 5.74) is 0.502. The van der Waals surface area contributed by atoms with Crippen molar-refractivity contribution in [1.82, 2.24) is 0 Å². The molecule has 7 heteroatoms. The maximum absolute atomic E-state index is 12.2.